The van der Waals surface area contributed by atoms with Gasteiger partial charge in [0.05, 0.1) is 12.1 Å². The fraction of sp³-hybridized carbons (Fsp3) is 0.321. The summed E-state index contributed by atoms with van der Waals surface area (Å²) in [5, 5.41) is 3.87. The number of benzene rings is 3. The first-order valence-corrected chi connectivity index (χ1v) is 13.0. The molecule has 2 heterocycles. The summed E-state index contributed by atoms with van der Waals surface area (Å²) in [6.45, 7) is 13.2. The second-order valence-electron chi connectivity index (χ2n) is 9.91. The molecule has 0 radical (unpaired) electrons. The summed E-state index contributed by atoms with van der Waals surface area (Å²) in [6, 6.07) is 13.4. The average molecular weight is 526 g/mol. The van der Waals surface area contributed by atoms with E-state index >= 15 is 4.39 Å². The van der Waals surface area contributed by atoms with Crippen molar-refractivity contribution in [3.63, 3.8) is 0 Å². The minimum absolute atomic E-state index is 0.290. The van der Waals surface area contributed by atoms with Crippen LogP contribution in [0.15, 0.2) is 54.9 Å². The van der Waals surface area contributed by atoms with Gasteiger partial charge in [-0.2, -0.15) is 4.37 Å². The Labute approximate surface area is 219 Å². The molecule has 4 aromatic rings. The molecule has 0 N–H and O–H groups in total. The average Bonchev–Trinajstić information content (AvgIpc) is 3.26. The third-order valence-corrected chi connectivity index (χ3v) is 7.55. The highest BCUT2D eigenvalue weighted by Crippen LogP contribution is 2.44. The van der Waals surface area contributed by atoms with Crippen LogP contribution in [-0.4, -0.2) is 48.2 Å². The Morgan fingerprint density at radius 2 is 1.81 bits per heavy atom. The lowest BCUT2D eigenvalue weighted by Crippen LogP contribution is -2.46. The molecule has 36 heavy (non-hydrogen) atoms. The number of aromatic nitrogens is 1. The summed E-state index contributed by atoms with van der Waals surface area (Å²) in [4.78, 5) is 4.38. The lowest BCUT2D eigenvalue weighted by Gasteiger charge is -2.38. The summed E-state index contributed by atoms with van der Waals surface area (Å²) in [5.41, 5.74) is 1.08. The van der Waals surface area contributed by atoms with Gasteiger partial charge in [0.1, 0.15) is 21.9 Å². The maximum atomic E-state index is 16.0. The molecule has 1 aromatic heterocycles. The van der Waals surface area contributed by atoms with Crippen molar-refractivity contribution in [2.75, 3.05) is 38.2 Å². The first kappa shape index (κ1) is 24.7. The van der Waals surface area contributed by atoms with Gasteiger partial charge in [0.15, 0.2) is 11.7 Å². The van der Waals surface area contributed by atoms with Crippen molar-refractivity contribution >= 4 is 49.8 Å². The monoisotopic (exact) mass is 525 g/mol. The summed E-state index contributed by atoms with van der Waals surface area (Å²) in [6.07, 6.45) is 0. The van der Waals surface area contributed by atoms with Gasteiger partial charge >= 0.3 is 0 Å². The summed E-state index contributed by atoms with van der Waals surface area (Å²) >= 11 is 8.08. The van der Waals surface area contributed by atoms with E-state index in [2.05, 4.69) is 20.8 Å². The van der Waals surface area contributed by atoms with E-state index < -0.39 is 5.82 Å². The number of ether oxygens (including phenoxy) is 2. The van der Waals surface area contributed by atoms with Crippen molar-refractivity contribution in [1.82, 2.24) is 9.27 Å². The molecule has 3 aromatic carbocycles. The maximum Gasteiger partial charge on any atom is 0.182 e. The molecule has 1 aliphatic heterocycles. The number of fused-ring (bicyclic) bond motifs is 2. The van der Waals surface area contributed by atoms with E-state index in [0.717, 1.165) is 47.3 Å². The second-order valence-corrected chi connectivity index (χ2v) is 11.1. The molecule has 0 aliphatic carbocycles. The molecule has 0 bridgehead atoms. The van der Waals surface area contributed by atoms with Gasteiger partial charge in [0.25, 0.3) is 0 Å². The number of halogens is 2. The number of hydrogen-bond acceptors (Lipinski definition) is 6. The van der Waals surface area contributed by atoms with Gasteiger partial charge < -0.3 is 19.3 Å². The summed E-state index contributed by atoms with van der Waals surface area (Å²) < 4.78 is 32.0. The van der Waals surface area contributed by atoms with E-state index in [0.29, 0.717) is 33.3 Å². The summed E-state index contributed by atoms with van der Waals surface area (Å²) in [7, 11) is 1.60. The second kappa shape index (κ2) is 9.45. The smallest absolute Gasteiger partial charge is 0.182 e. The molecule has 8 heteroatoms. The van der Waals surface area contributed by atoms with Crippen LogP contribution in [-0.2, 0) is 4.74 Å². The minimum Gasteiger partial charge on any atom is -0.497 e. The van der Waals surface area contributed by atoms with Crippen molar-refractivity contribution in [3.8, 4) is 16.9 Å². The molecule has 5 nitrogen and oxygen atoms in total. The molecular weight excluding hydrogens is 497 g/mol. The van der Waals surface area contributed by atoms with Crippen molar-refractivity contribution in [3.05, 3.63) is 65.8 Å². The first-order chi connectivity index (χ1) is 17.2. The fourth-order valence-electron chi connectivity index (χ4n) is 4.66. The van der Waals surface area contributed by atoms with Crippen LogP contribution in [0.5, 0.6) is 5.75 Å². The maximum absolute atomic E-state index is 16.0. The van der Waals surface area contributed by atoms with Crippen LogP contribution in [0.3, 0.4) is 0 Å². The molecule has 0 spiro atoms. The Bertz CT molecular complexity index is 1450. The fourth-order valence-corrected chi connectivity index (χ4v) is 5.86. The van der Waals surface area contributed by atoms with Crippen LogP contribution in [0.1, 0.15) is 20.8 Å². The lowest BCUT2D eigenvalue weighted by molar-refractivity contribution is 0.00171. The third-order valence-electron chi connectivity index (χ3n) is 6.33. The predicted octanol–water partition coefficient (Wildman–Crippen LogP) is 7.33. The predicted molar refractivity (Wildman–Crippen MR) is 148 cm³/mol. The molecule has 1 aliphatic rings. The van der Waals surface area contributed by atoms with Gasteiger partial charge in [-0.3, -0.25) is 0 Å². The molecule has 1 saturated heterocycles. The molecule has 0 amide bonds. The largest absolute Gasteiger partial charge is 0.497 e. The first-order valence-electron chi connectivity index (χ1n) is 11.9. The van der Waals surface area contributed by atoms with Crippen molar-refractivity contribution in [2.24, 2.45) is 0 Å². The van der Waals surface area contributed by atoms with Gasteiger partial charge in [0, 0.05) is 37.1 Å². The summed E-state index contributed by atoms with van der Waals surface area (Å²) in [5.74, 6) is 0.915. The van der Waals surface area contributed by atoms with E-state index in [4.69, 9.17) is 21.1 Å². The quantitative estimate of drug-likeness (QED) is 0.255. The Hall–Kier alpha value is -3.03. The Balaban J connectivity index is 1.49. The Morgan fingerprint density at radius 1 is 1.08 bits per heavy atom. The van der Waals surface area contributed by atoms with Gasteiger partial charge in [-0.05, 0) is 73.4 Å². The standard InChI is InChI=1S/C28H29ClFN3O2S/c1-17(35-28(2,3)4)32-10-12-33(13-11-32)27-22-16-23(29)24(25(30)26(22)31-36-27)21-15-19(34-5)14-18-8-6-7-9-20(18)21/h6-9,14-16H,1,10-13H2,2-5H3. The molecule has 0 atom stereocenters. The van der Waals surface area contributed by atoms with Crippen molar-refractivity contribution in [2.45, 2.75) is 26.4 Å². The lowest BCUT2D eigenvalue weighted by atomic mass is 9.96. The van der Waals surface area contributed by atoms with Crippen molar-refractivity contribution < 1.29 is 13.9 Å². The van der Waals surface area contributed by atoms with Crippen LogP contribution < -0.4 is 9.64 Å². The SMILES string of the molecule is C=C(OC(C)(C)C)N1CCN(c2snc3c(F)c(-c4cc(OC)cc5ccccc45)c(Cl)cc23)CC1. The van der Waals surface area contributed by atoms with Crippen LogP contribution in [0.25, 0.3) is 32.8 Å². The van der Waals surface area contributed by atoms with E-state index in [1.54, 1.807) is 7.11 Å². The van der Waals surface area contributed by atoms with Crippen LogP contribution in [0.4, 0.5) is 9.39 Å². The molecule has 0 saturated carbocycles. The van der Waals surface area contributed by atoms with Crippen molar-refractivity contribution in [1.29, 1.82) is 0 Å². The van der Waals surface area contributed by atoms with E-state index in [1.165, 1.54) is 11.5 Å². The number of nitrogens with zero attached hydrogens (tertiary/aromatic N) is 3. The Morgan fingerprint density at radius 3 is 2.50 bits per heavy atom. The topological polar surface area (TPSA) is 37.8 Å². The normalized spacial score (nSPS) is 14.5. The number of rotatable bonds is 5. The number of anilines is 1. The van der Waals surface area contributed by atoms with Crippen LogP contribution >= 0.6 is 23.1 Å². The van der Waals surface area contributed by atoms with Crippen LogP contribution in [0.2, 0.25) is 5.02 Å². The highest BCUT2D eigenvalue weighted by atomic mass is 35.5. The zero-order valence-electron chi connectivity index (χ0n) is 20.9. The van der Waals surface area contributed by atoms with E-state index in [1.807, 2.05) is 63.2 Å². The van der Waals surface area contributed by atoms with Gasteiger partial charge in [-0.1, -0.05) is 35.9 Å². The van der Waals surface area contributed by atoms with Gasteiger partial charge in [-0.25, -0.2) is 4.39 Å². The minimum atomic E-state index is -0.413. The molecule has 0 unspecified atom stereocenters. The number of piperazine rings is 1. The van der Waals surface area contributed by atoms with Crippen LogP contribution in [0, 0.1) is 5.82 Å². The van der Waals surface area contributed by atoms with E-state index in [-0.39, 0.29) is 5.60 Å². The highest BCUT2D eigenvalue weighted by Gasteiger charge is 2.26. The highest BCUT2D eigenvalue weighted by molar-refractivity contribution is 7.11. The zero-order valence-corrected chi connectivity index (χ0v) is 22.5. The van der Waals surface area contributed by atoms with Gasteiger partial charge in [-0.15, -0.1) is 0 Å². The number of methoxy groups -OCH3 is 1. The molecule has 1 fully saturated rings. The third kappa shape index (κ3) is 4.58. The number of hydrogen-bond donors (Lipinski definition) is 0. The molecular formula is C28H29ClFN3O2S. The Kier molecular flexibility index (Phi) is 6.47. The molecule has 188 valence electrons. The van der Waals surface area contributed by atoms with E-state index in [9.17, 15) is 0 Å². The van der Waals surface area contributed by atoms with Gasteiger partial charge in [0.2, 0.25) is 0 Å². The molecule has 5 rings (SSSR count). The zero-order chi connectivity index (χ0) is 25.6.